The standard InChI is InChI=1S/C18H20ClNOS/c1-4-16(22-15-10-8-14(19)9-11-15)18(21)20-17-12(2)6-5-7-13(17)3/h5-11,16H,4H2,1-3H3,(H,20,21)/t16-/m0/s1. The second-order valence-corrected chi connectivity index (χ2v) is 6.94. The van der Waals surface area contributed by atoms with Gasteiger partial charge in [0.25, 0.3) is 0 Å². The third-order valence-electron chi connectivity index (χ3n) is 3.48. The first-order valence-electron chi connectivity index (χ1n) is 7.30. The molecule has 0 aliphatic carbocycles. The van der Waals surface area contributed by atoms with E-state index in [1.165, 1.54) is 0 Å². The van der Waals surface area contributed by atoms with Crippen LogP contribution >= 0.6 is 23.4 Å². The van der Waals surface area contributed by atoms with E-state index in [1.54, 1.807) is 11.8 Å². The molecule has 0 heterocycles. The minimum absolute atomic E-state index is 0.0415. The highest BCUT2D eigenvalue weighted by Crippen LogP contribution is 2.28. The van der Waals surface area contributed by atoms with Gasteiger partial charge in [-0.05, 0) is 55.7 Å². The van der Waals surface area contributed by atoms with Crippen molar-refractivity contribution in [3.8, 4) is 0 Å². The van der Waals surface area contributed by atoms with Crippen LogP contribution in [0, 0.1) is 13.8 Å². The predicted molar refractivity (Wildman–Crippen MR) is 95.9 cm³/mol. The number of hydrogen-bond donors (Lipinski definition) is 1. The Labute approximate surface area is 141 Å². The van der Waals surface area contributed by atoms with Crippen LogP contribution in [0.3, 0.4) is 0 Å². The molecule has 0 radical (unpaired) electrons. The Morgan fingerprint density at radius 3 is 2.27 bits per heavy atom. The number of hydrogen-bond acceptors (Lipinski definition) is 2. The predicted octanol–water partition coefficient (Wildman–Crippen LogP) is 5.47. The largest absolute Gasteiger partial charge is 0.325 e. The zero-order valence-electron chi connectivity index (χ0n) is 13.0. The summed E-state index contributed by atoms with van der Waals surface area (Å²) in [5, 5.41) is 3.66. The van der Waals surface area contributed by atoms with Gasteiger partial charge in [0.05, 0.1) is 5.25 Å². The Morgan fingerprint density at radius 1 is 1.14 bits per heavy atom. The van der Waals surface area contributed by atoms with E-state index in [4.69, 9.17) is 11.6 Å². The van der Waals surface area contributed by atoms with Crippen LogP contribution in [0.15, 0.2) is 47.4 Å². The molecule has 0 bridgehead atoms. The van der Waals surface area contributed by atoms with Crippen molar-refractivity contribution in [2.24, 2.45) is 0 Å². The van der Waals surface area contributed by atoms with Crippen molar-refractivity contribution >= 4 is 35.0 Å². The maximum absolute atomic E-state index is 12.6. The molecule has 4 heteroatoms. The summed E-state index contributed by atoms with van der Waals surface area (Å²) in [6.07, 6.45) is 0.768. The fourth-order valence-electron chi connectivity index (χ4n) is 2.21. The van der Waals surface area contributed by atoms with E-state index in [1.807, 2.05) is 63.2 Å². The molecule has 0 saturated carbocycles. The minimum atomic E-state index is -0.125. The van der Waals surface area contributed by atoms with E-state index >= 15 is 0 Å². The van der Waals surface area contributed by atoms with Gasteiger partial charge in [-0.15, -0.1) is 11.8 Å². The third kappa shape index (κ3) is 4.28. The molecule has 0 unspecified atom stereocenters. The van der Waals surface area contributed by atoms with Crippen LogP contribution in [0.4, 0.5) is 5.69 Å². The highest BCUT2D eigenvalue weighted by atomic mass is 35.5. The van der Waals surface area contributed by atoms with Gasteiger partial charge in [0.2, 0.25) is 5.91 Å². The number of carbonyl (C=O) groups excluding carboxylic acids is 1. The SMILES string of the molecule is CC[C@H](Sc1ccc(Cl)cc1)C(=O)Nc1c(C)cccc1C. The van der Waals surface area contributed by atoms with Gasteiger partial charge in [0.15, 0.2) is 0 Å². The van der Waals surface area contributed by atoms with Crippen LogP contribution in [0.1, 0.15) is 24.5 Å². The van der Waals surface area contributed by atoms with Crippen molar-refractivity contribution in [1.29, 1.82) is 0 Å². The van der Waals surface area contributed by atoms with E-state index in [9.17, 15) is 4.79 Å². The number of thioether (sulfide) groups is 1. The van der Waals surface area contributed by atoms with E-state index in [0.717, 1.165) is 28.1 Å². The Kier molecular flexibility index (Phi) is 5.92. The molecule has 2 aromatic carbocycles. The maximum Gasteiger partial charge on any atom is 0.237 e. The Bertz CT molecular complexity index is 634. The number of rotatable bonds is 5. The van der Waals surface area contributed by atoms with Crippen molar-refractivity contribution in [3.05, 3.63) is 58.6 Å². The van der Waals surface area contributed by atoms with Crippen molar-refractivity contribution < 1.29 is 4.79 Å². The van der Waals surface area contributed by atoms with Gasteiger partial charge in [-0.2, -0.15) is 0 Å². The summed E-state index contributed by atoms with van der Waals surface area (Å²) in [5.41, 5.74) is 3.09. The molecule has 0 saturated heterocycles. The summed E-state index contributed by atoms with van der Waals surface area (Å²) in [7, 11) is 0. The summed E-state index contributed by atoms with van der Waals surface area (Å²) in [6, 6.07) is 13.6. The second kappa shape index (κ2) is 7.70. The van der Waals surface area contributed by atoms with Gasteiger partial charge in [0, 0.05) is 15.6 Å². The average Bonchev–Trinajstić information content (AvgIpc) is 2.50. The molecule has 1 N–H and O–H groups in total. The van der Waals surface area contributed by atoms with Crippen LogP contribution in [-0.4, -0.2) is 11.2 Å². The first-order valence-corrected chi connectivity index (χ1v) is 8.56. The number of aryl methyl sites for hydroxylation is 2. The first-order chi connectivity index (χ1) is 10.5. The number of para-hydroxylation sites is 1. The molecule has 22 heavy (non-hydrogen) atoms. The molecule has 0 aromatic heterocycles. The lowest BCUT2D eigenvalue weighted by molar-refractivity contribution is -0.115. The monoisotopic (exact) mass is 333 g/mol. The van der Waals surface area contributed by atoms with E-state index in [0.29, 0.717) is 5.02 Å². The molecule has 2 aromatic rings. The van der Waals surface area contributed by atoms with Gasteiger partial charge in [0.1, 0.15) is 0 Å². The van der Waals surface area contributed by atoms with Crippen molar-refractivity contribution in [1.82, 2.24) is 0 Å². The Morgan fingerprint density at radius 2 is 1.73 bits per heavy atom. The lowest BCUT2D eigenvalue weighted by Gasteiger charge is -2.17. The normalized spacial score (nSPS) is 12.0. The molecule has 0 spiro atoms. The fourth-order valence-corrected chi connectivity index (χ4v) is 3.30. The van der Waals surface area contributed by atoms with Crippen molar-refractivity contribution in [2.45, 2.75) is 37.3 Å². The molecule has 116 valence electrons. The number of carbonyl (C=O) groups is 1. The summed E-state index contributed by atoms with van der Waals surface area (Å²) >= 11 is 7.46. The van der Waals surface area contributed by atoms with Gasteiger partial charge in [-0.1, -0.05) is 36.7 Å². The number of amides is 1. The van der Waals surface area contributed by atoms with Crippen molar-refractivity contribution in [3.63, 3.8) is 0 Å². The van der Waals surface area contributed by atoms with Crippen LogP contribution in [0.25, 0.3) is 0 Å². The topological polar surface area (TPSA) is 29.1 Å². The van der Waals surface area contributed by atoms with Gasteiger partial charge in [-0.25, -0.2) is 0 Å². The van der Waals surface area contributed by atoms with Crippen LogP contribution in [-0.2, 0) is 4.79 Å². The molecular weight excluding hydrogens is 314 g/mol. The van der Waals surface area contributed by atoms with Crippen LogP contribution in [0.5, 0.6) is 0 Å². The summed E-state index contributed by atoms with van der Waals surface area (Å²) in [6.45, 7) is 6.05. The molecular formula is C18H20ClNOS. The third-order valence-corrected chi connectivity index (χ3v) is 5.11. The number of nitrogens with one attached hydrogen (secondary N) is 1. The molecule has 2 nitrogen and oxygen atoms in total. The number of benzene rings is 2. The quantitative estimate of drug-likeness (QED) is 0.735. The van der Waals surface area contributed by atoms with Gasteiger partial charge >= 0.3 is 0 Å². The highest BCUT2D eigenvalue weighted by Gasteiger charge is 2.19. The van der Waals surface area contributed by atoms with E-state index in [-0.39, 0.29) is 11.2 Å². The lowest BCUT2D eigenvalue weighted by atomic mass is 10.1. The molecule has 0 aliphatic rings. The van der Waals surface area contributed by atoms with Gasteiger partial charge < -0.3 is 5.32 Å². The average molecular weight is 334 g/mol. The Hall–Kier alpha value is -1.45. The Balaban J connectivity index is 2.10. The van der Waals surface area contributed by atoms with Crippen LogP contribution < -0.4 is 5.32 Å². The molecule has 0 aliphatic heterocycles. The zero-order chi connectivity index (χ0) is 16.1. The number of halogens is 1. The smallest absolute Gasteiger partial charge is 0.237 e. The maximum atomic E-state index is 12.6. The van der Waals surface area contributed by atoms with Gasteiger partial charge in [-0.3, -0.25) is 4.79 Å². The fraction of sp³-hybridized carbons (Fsp3) is 0.278. The summed E-state index contributed by atoms with van der Waals surface area (Å²) in [5.74, 6) is 0.0415. The van der Waals surface area contributed by atoms with E-state index < -0.39 is 0 Å². The van der Waals surface area contributed by atoms with Crippen molar-refractivity contribution in [2.75, 3.05) is 5.32 Å². The molecule has 2 rings (SSSR count). The first kappa shape index (κ1) is 16.9. The zero-order valence-corrected chi connectivity index (χ0v) is 14.6. The van der Waals surface area contributed by atoms with Crippen LogP contribution in [0.2, 0.25) is 5.02 Å². The number of anilines is 1. The molecule has 1 atom stereocenters. The lowest BCUT2D eigenvalue weighted by Crippen LogP contribution is -2.25. The molecule has 1 amide bonds. The molecule has 0 fully saturated rings. The summed E-state index contributed by atoms with van der Waals surface area (Å²) in [4.78, 5) is 13.6. The minimum Gasteiger partial charge on any atom is -0.325 e. The second-order valence-electron chi connectivity index (χ2n) is 5.22. The highest BCUT2D eigenvalue weighted by molar-refractivity contribution is 8.00. The summed E-state index contributed by atoms with van der Waals surface area (Å²) < 4.78 is 0. The van der Waals surface area contributed by atoms with E-state index in [2.05, 4.69) is 5.32 Å².